The van der Waals surface area contributed by atoms with E-state index in [9.17, 15) is 9.90 Å². The molecule has 0 bridgehead atoms. The second-order valence-corrected chi connectivity index (χ2v) is 3.84. The highest BCUT2D eigenvalue weighted by Gasteiger charge is 2.20. The van der Waals surface area contributed by atoms with E-state index in [0.29, 0.717) is 0 Å². The van der Waals surface area contributed by atoms with Crippen molar-refractivity contribution < 1.29 is 9.90 Å². The maximum absolute atomic E-state index is 10.2. The molecule has 0 spiro atoms. The van der Waals surface area contributed by atoms with Gasteiger partial charge in [0.2, 0.25) is 6.08 Å². The number of benzene rings is 1. The van der Waals surface area contributed by atoms with Crippen LogP contribution >= 0.6 is 11.6 Å². The molecule has 1 rings (SSSR count). The fourth-order valence-corrected chi connectivity index (χ4v) is 1.25. The second kappa shape index (κ2) is 3.82. The zero-order chi connectivity index (χ0) is 10.8. The first-order chi connectivity index (χ1) is 6.47. The van der Waals surface area contributed by atoms with Crippen LogP contribution in [0.3, 0.4) is 0 Å². The number of halogens is 1. The van der Waals surface area contributed by atoms with Gasteiger partial charge >= 0.3 is 0 Å². The fourth-order valence-electron chi connectivity index (χ4n) is 1.07. The van der Waals surface area contributed by atoms with Gasteiger partial charge in [0, 0.05) is 0 Å². The van der Waals surface area contributed by atoms with Crippen molar-refractivity contribution in [1.82, 2.24) is 0 Å². The molecule has 0 aliphatic heterocycles. The molecule has 4 heteroatoms. The lowest BCUT2D eigenvalue weighted by atomic mass is 9.95. The maximum Gasteiger partial charge on any atom is 0.235 e. The van der Waals surface area contributed by atoms with Crippen molar-refractivity contribution in [2.45, 2.75) is 19.4 Å². The second-order valence-electron chi connectivity index (χ2n) is 3.43. The van der Waals surface area contributed by atoms with Crippen molar-refractivity contribution in [3.8, 4) is 5.75 Å². The topological polar surface area (TPSA) is 49.7 Å². The molecule has 1 N–H and O–H groups in total. The predicted octanol–water partition coefficient (Wildman–Crippen LogP) is 2.62. The van der Waals surface area contributed by atoms with E-state index in [0.717, 1.165) is 5.56 Å². The van der Waals surface area contributed by atoms with E-state index in [1.165, 1.54) is 12.1 Å². The zero-order valence-corrected chi connectivity index (χ0v) is 8.67. The minimum Gasteiger partial charge on any atom is -0.506 e. The Morgan fingerprint density at radius 1 is 1.50 bits per heavy atom. The summed E-state index contributed by atoms with van der Waals surface area (Å²) in [6.07, 6.45) is 1.51. The molecule has 0 radical (unpaired) electrons. The lowest BCUT2D eigenvalue weighted by Crippen LogP contribution is -2.13. The lowest BCUT2D eigenvalue weighted by Gasteiger charge is -2.18. The smallest absolute Gasteiger partial charge is 0.235 e. The lowest BCUT2D eigenvalue weighted by molar-refractivity contribution is 0.473. The summed E-state index contributed by atoms with van der Waals surface area (Å²) in [5.41, 5.74) is 0.0858. The summed E-state index contributed by atoms with van der Waals surface area (Å²) in [7, 11) is 0. The standard InChI is InChI=1S/C10H10ClNO2/c1-10(2,12-6-13)7-3-4-9(14)8(11)5-7/h3-5,14H,1-2H3. The molecule has 1 aromatic rings. The van der Waals surface area contributed by atoms with Crippen molar-refractivity contribution in [3.05, 3.63) is 28.8 Å². The Morgan fingerprint density at radius 2 is 2.14 bits per heavy atom. The van der Waals surface area contributed by atoms with Gasteiger partial charge in [0.25, 0.3) is 0 Å². The summed E-state index contributed by atoms with van der Waals surface area (Å²) in [4.78, 5) is 13.8. The van der Waals surface area contributed by atoms with Crippen LogP contribution in [0.2, 0.25) is 5.02 Å². The van der Waals surface area contributed by atoms with Gasteiger partial charge in [0.15, 0.2) is 0 Å². The molecule has 0 aliphatic carbocycles. The minimum absolute atomic E-state index is 0.0151. The Morgan fingerprint density at radius 3 is 2.64 bits per heavy atom. The first-order valence-electron chi connectivity index (χ1n) is 4.05. The van der Waals surface area contributed by atoms with Gasteiger partial charge in [-0.05, 0) is 31.5 Å². The Hall–Kier alpha value is -1.31. The third kappa shape index (κ3) is 2.13. The van der Waals surface area contributed by atoms with Crippen LogP contribution in [-0.4, -0.2) is 11.2 Å². The van der Waals surface area contributed by atoms with E-state index >= 15 is 0 Å². The SMILES string of the molecule is CC(C)(N=C=O)c1ccc(O)c(Cl)c1. The Balaban J connectivity index is 3.20. The average molecular weight is 212 g/mol. The molecule has 0 heterocycles. The van der Waals surface area contributed by atoms with E-state index in [2.05, 4.69) is 4.99 Å². The van der Waals surface area contributed by atoms with Crippen LogP contribution < -0.4 is 0 Å². The average Bonchev–Trinajstić information content (AvgIpc) is 2.09. The Bertz CT molecular complexity index is 395. The number of phenolic OH excluding ortho intramolecular Hbond substituents is 1. The summed E-state index contributed by atoms with van der Waals surface area (Å²) in [6, 6.07) is 4.72. The van der Waals surface area contributed by atoms with Gasteiger partial charge in [-0.1, -0.05) is 17.7 Å². The van der Waals surface area contributed by atoms with Gasteiger partial charge in [0.1, 0.15) is 5.75 Å². The molecule has 14 heavy (non-hydrogen) atoms. The molecule has 0 aromatic heterocycles. The van der Waals surface area contributed by atoms with Gasteiger partial charge in [-0.2, -0.15) is 4.99 Å². The van der Waals surface area contributed by atoms with Crippen LogP contribution in [0.4, 0.5) is 0 Å². The van der Waals surface area contributed by atoms with Gasteiger partial charge < -0.3 is 5.11 Å². The number of hydrogen-bond donors (Lipinski definition) is 1. The molecule has 0 aliphatic rings. The molecule has 3 nitrogen and oxygen atoms in total. The zero-order valence-electron chi connectivity index (χ0n) is 7.91. The van der Waals surface area contributed by atoms with Crippen molar-refractivity contribution in [2.24, 2.45) is 4.99 Å². The molecule has 0 atom stereocenters. The van der Waals surface area contributed by atoms with Crippen LogP contribution in [0.1, 0.15) is 19.4 Å². The van der Waals surface area contributed by atoms with Crippen LogP contribution in [0.5, 0.6) is 5.75 Å². The molecular weight excluding hydrogens is 202 g/mol. The molecular formula is C10H10ClNO2. The van der Waals surface area contributed by atoms with Crippen LogP contribution in [-0.2, 0) is 10.3 Å². The van der Waals surface area contributed by atoms with Crippen molar-refractivity contribution in [3.63, 3.8) is 0 Å². The van der Waals surface area contributed by atoms with Crippen LogP contribution in [0.15, 0.2) is 23.2 Å². The number of aromatic hydroxyl groups is 1. The summed E-state index contributed by atoms with van der Waals surface area (Å²) in [5.74, 6) is 0.0151. The highest BCUT2D eigenvalue weighted by molar-refractivity contribution is 6.32. The summed E-state index contributed by atoms with van der Waals surface area (Å²) >= 11 is 5.73. The fraction of sp³-hybridized carbons (Fsp3) is 0.300. The first kappa shape index (κ1) is 10.8. The molecule has 1 aromatic carbocycles. The van der Waals surface area contributed by atoms with E-state index in [-0.39, 0.29) is 10.8 Å². The largest absolute Gasteiger partial charge is 0.506 e. The number of nitrogens with zero attached hydrogens (tertiary/aromatic N) is 1. The highest BCUT2D eigenvalue weighted by Crippen LogP contribution is 2.30. The molecule has 74 valence electrons. The molecule has 0 amide bonds. The molecule has 0 unspecified atom stereocenters. The number of aliphatic imine (C=N–C) groups is 1. The minimum atomic E-state index is -0.668. The monoisotopic (exact) mass is 211 g/mol. The summed E-state index contributed by atoms with van der Waals surface area (Å²) < 4.78 is 0. The number of isocyanates is 1. The Kier molecular flexibility index (Phi) is 2.94. The van der Waals surface area contributed by atoms with E-state index in [4.69, 9.17) is 11.6 Å². The number of phenols is 1. The quantitative estimate of drug-likeness (QED) is 0.604. The van der Waals surface area contributed by atoms with Gasteiger partial charge in [-0.15, -0.1) is 0 Å². The third-order valence-corrected chi connectivity index (χ3v) is 2.28. The Labute approximate surface area is 87.0 Å². The molecule has 0 fully saturated rings. The summed E-state index contributed by atoms with van der Waals surface area (Å²) in [5, 5.41) is 9.45. The van der Waals surface area contributed by atoms with E-state index in [1.54, 1.807) is 26.0 Å². The first-order valence-corrected chi connectivity index (χ1v) is 4.43. The van der Waals surface area contributed by atoms with Gasteiger partial charge in [-0.3, -0.25) is 0 Å². The highest BCUT2D eigenvalue weighted by atomic mass is 35.5. The molecule has 0 saturated heterocycles. The van der Waals surface area contributed by atoms with Crippen molar-refractivity contribution in [1.29, 1.82) is 0 Å². The number of carbonyl (C=O) groups excluding carboxylic acids is 1. The molecule has 0 saturated carbocycles. The summed E-state index contributed by atoms with van der Waals surface area (Å²) in [6.45, 7) is 3.53. The number of hydrogen-bond acceptors (Lipinski definition) is 3. The van der Waals surface area contributed by atoms with Crippen LogP contribution in [0, 0.1) is 0 Å². The van der Waals surface area contributed by atoms with Crippen molar-refractivity contribution in [2.75, 3.05) is 0 Å². The van der Waals surface area contributed by atoms with Crippen LogP contribution in [0.25, 0.3) is 0 Å². The van der Waals surface area contributed by atoms with E-state index < -0.39 is 5.54 Å². The normalized spacial score (nSPS) is 10.8. The third-order valence-electron chi connectivity index (χ3n) is 1.98. The van der Waals surface area contributed by atoms with Gasteiger partial charge in [-0.25, -0.2) is 4.79 Å². The van der Waals surface area contributed by atoms with Gasteiger partial charge in [0.05, 0.1) is 10.6 Å². The maximum atomic E-state index is 10.2. The van der Waals surface area contributed by atoms with E-state index in [1.807, 2.05) is 0 Å². The predicted molar refractivity (Wildman–Crippen MR) is 54.3 cm³/mol. The van der Waals surface area contributed by atoms with Crippen molar-refractivity contribution >= 4 is 17.7 Å². The number of rotatable bonds is 2.